The van der Waals surface area contributed by atoms with Crippen LogP contribution in [0.5, 0.6) is 0 Å². The average molecular weight is 261 g/mol. The number of benzene rings is 1. The van der Waals surface area contributed by atoms with Crippen molar-refractivity contribution in [3.63, 3.8) is 0 Å². The molecule has 1 saturated heterocycles. The zero-order chi connectivity index (χ0) is 13.4. The van der Waals surface area contributed by atoms with Gasteiger partial charge in [0.1, 0.15) is 11.0 Å². The quantitative estimate of drug-likeness (QED) is 0.912. The second-order valence-corrected chi connectivity index (χ2v) is 4.80. The number of hydrogen-bond donors (Lipinski definition) is 1. The highest BCUT2D eigenvalue weighted by Crippen LogP contribution is 2.27. The van der Waals surface area contributed by atoms with Gasteiger partial charge in [-0.1, -0.05) is 11.3 Å². The molecule has 2 aromatic rings. The van der Waals surface area contributed by atoms with Crippen LogP contribution in [0.1, 0.15) is 36.2 Å². The van der Waals surface area contributed by atoms with Crippen LogP contribution in [0.25, 0.3) is 11.0 Å². The lowest BCUT2D eigenvalue weighted by molar-refractivity contribution is 0.0677. The Hall–Kier alpha value is -1.95. The Labute approximate surface area is 110 Å². The Morgan fingerprint density at radius 1 is 1.58 bits per heavy atom. The Morgan fingerprint density at radius 2 is 2.42 bits per heavy atom. The minimum atomic E-state index is -0.964. The Morgan fingerprint density at radius 3 is 3.11 bits per heavy atom. The molecule has 1 aromatic carbocycles. The van der Waals surface area contributed by atoms with Crippen LogP contribution in [-0.4, -0.2) is 38.8 Å². The SMILES string of the molecule is CC(C1CCCO1)n1nnc2cccc(C(=O)O)c21. The van der Waals surface area contributed by atoms with Crippen LogP contribution < -0.4 is 0 Å². The summed E-state index contributed by atoms with van der Waals surface area (Å²) in [5, 5.41) is 17.4. The number of nitrogens with zero attached hydrogens (tertiary/aromatic N) is 3. The number of carboxylic acids is 1. The smallest absolute Gasteiger partial charge is 0.337 e. The van der Waals surface area contributed by atoms with Gasteiger partial charge in [-0.05, 0) is 31.9 Å². The number of para-hydroxylation sites is 1. The number of ether oxygens (including phenoxy) is 1. The fraction of sp³-hybridized carbons (Fsp3) is 0.462. The van der Waals surface area contributed by atoms with E-state index in [1.807, 2.05) is 6.92 Å². The van der Waals surface area contributed by atoms with Gasteiger partial charge < -0.3 is 9.84 Å². The Bertz CT molecular complexity index is 617. The van der Waals surface area contributed by atoms with Crippen molar-refractivity contribution >= 4 is 17.0 Å². The fourth-order valence-electron chi connectivity index (χ4n) is 2.59. The van der Waals surface area contributed by atoms with Gasteiger partial charge in [0, 0.05) is 6.61 Å². The molecular weight excluding hydrogens is 246 g/mol. The first-order valence-electron chi connectivity index (χ1n) is 6.37. The molecule has 19 heavy (non-hydrogen) atoms. The molecule has 1 aromatic heterocycles. The molecule has 1 aliphatic heterocycles. The standard InChI is InChI=1S/C13H15N3O3/c1-8(11-6-3-7-19-11)16-12-9(13(17)18)4-2-5-10(12)14-15-16/h2,4-5,8,11H,3,6-7H2,1H3,(H,17,18). The molecule has 100 valence electrons. The van der Waals surface area contributed by atoms with Gasteiger partial charge in [0.25, 0.3) is 0 Å². The maximum absolute atomic E-state index is 11.3. The minimum absolute atomic E-state index is 0.0204. The average Bonchev–Trinajstić information content (AvgIpc) is 3.06. The molecule has 0 radical (unpaired) electrons. The predicted octanol–water partition coefficient (Wildman–Crippen LogP) is 1.87. The van der Waals surface area contributed by atoms with Gasteiger partial charge in [-0.2, -0.15) is 0 Å². The van der Waals surface area contributed by atoms with Crippen LogP contribution in [0.15, 0.2) is 18.2 Å². The van der Waals surface area contributed by atoms with Gasteiger partial charge in [0.05, 0.1) is 17.7 Å². The van der Waals surface area contributed by atoms with Crippen molar-refractivity contribution in [1.82, 2.24) is 15.0 Å². The van der Waals surface area contributed by atoms with Crippen LogP contribution in [0, 0.1) is 0 Å². The number of carboxylic acid groups (broad SMARTS) is 1. The molecule has 0 aliphatic carbocycles. The summed E-state index contributed by atoms with van der Waals surface area (Å²) in [4.78, 5) is 11.3. The number of hydrogen-bond acceptors (Lipinski definition) is 4. The lowest BCUT2D eigenvalue weighted by atomic mass is 10.1. The fourth-order valence-corrected chi connectivity index (χ4v) is 2.59. The second kappa shape index (κ2) is 4.62. The summed E-state index contributed by atoms with van der Waals surface area (Å²) in [5.41, 5.74) is 1.40. The van der Waals surface area contributed by atoms with Crippen molar-refractivity contribution < 1.29 is 14.6 Å². The maximum atomic E-state index is 11.3. The van der Waals surface area contributed by atoms with Gasteiger partial charge in [0.15, 0.2) is 0 Å². The van der Waals surface area contributed by atoms with Crippen molar-refractivity contribution in [3.8, 4) is 0 Å². The highest BCUT2D eigenvalue weighted by atomic mass is 16.5. The van der Waals surface area contributed by atoms with E-state index in [0.717, 1.165) is 19.4 Å². The first-order chi connectivity index (χ1) is 9.18. The summed E-state index contributed by atoms with van der Waals surface area (Å²) < 4.78 is 7.33. The molecule has 1 fully saturated rings. The van der Waals surface area contributed by atoms with Crippen molar-refractivity contribution in [2.75, 3.05) is 6.61 Å². The molecule has 0 saturated carbocycles. The molecule has 3 rings (SSSR count). The molecule has 1 aliphatic rings. The third-order valence-corrected chi connectivity index (χ3v) is 3.61. The number of aromatic carboxylic acids is 1. The monoisotopic (exact) mass is 261 g/mol. The molecule has 2 atom stereocenters. The van der Waals surface area contributed by atoms with E-state index in [1.165, 1.54) is 0 Å². The van der Waals surface area contributed by atoms with Gasteiger partial charge in [0.2, 0.25) is 0 Å². The number of carbonyl (C=O) groups is 1. The molecule has 2 unspecified atom stereocenters. The highest BCUT2D eigenvalue weighted by Gasteiger charge is 2.27. The zero-order valence-electron chi connectivity index (χ0n) is 10.6. The molecule has 0 spiro atoms. The van der Waals surface area contributed by atoms with Crippen molar-refractivity contribution in [3.05, 3.63) is 23.8 Å². The molecule has 0 bridgehead atoms. The Kier molecular flexibility index (Phi) is 2.94. The zero-order valence-corrected chi connectivity index (χ0v) is 10.6. The molecule has 1 N–H and O–H groups in total. The molecule has 0 amide bonds. The van der Waals surface area contributed by atoms with Gasteiger partial charge in [-0.25, -0.2) is 9.48 Å². The van der Waals surface area contributed by atoms with E-state index < -0.39 is 5.97 Å². The first-order valence-corrected chi connectivity index (χ1v) is 6.37. The lowest BCUT2D eigenvalue weighted by Gasteiger charge is -2.19. The lowest BCUT2D eigenvalue weighted by Crippen LogP contribution is -2.22. The summed E-state index contributed by atoms with van der Waals surface area (Å²) in [5.74, 6) is -0.964. The third kappa shape index (κ3) is 1.98. The number of fused-ring (bicyclic) bond motifs is 1. The van der Waals surface area contributed by atoms with Crippen LogP contribution in [-0.2, 0) is 4.74 Å². The second-order valence-electron chi connectivity index (χ2n) is 4.80. The van der Waals surface area contributed by atoms with Crippen LogP contribution in [0.2, 0.25) is 0 Å². The van der Waals surface area contributed by atoms with Gasteiger partial charge >= 0.3 is 5.97 Å². The van der Waals surface area contributed by atoms with Crippen molar-refractivity contribution in [2.24, 2.45) is 0 Å². The predicted molar refractivity (Wildman–Crippen MR) is 68.2 cm³/mol. The summed E-state index contributed by atoms with van der Waals surface area (Å²) in [6.07, 6.45) is 2.08. The number of aromatic nitrogens is 3. The van der Waals surface area contributed by atoms with E-state index in [0.29, 0.717) is 11.0 Å². The third-order valence-electron chi connectivity index (χ3n) is 3.61. The van der Waals surface area contributed by atoms with Gasteiger partial charge in [-0.3, -0.25) is 0 Å². The Balaban J connectivity index is 2.10. The van der Waals surface area contributed by atoms with Crippen molar-refractivity contribution in [2.45, 2.75) is 31.9 Å². The van der Waals surface area contributed by atoms with Gasteiger partial charge in [-0.15, -0.1) is 5.10 Å². The minimum Gasteiger partial charge on any atom is -0.478 e. The summed E-state index contributed by atoms with van der Waals surface area (Å²) in [6, 6.07) is 5.01. The number of rotatable bonds is 3. The first kappa shape index (κ1) is 12.1. The highest BCUT2D eigenvalue weighted by molar-refractivity contribution is 6.00. The molecule has 2 heterocycles. The topological polar surface area (TPSA) is 77.2 Å². The largest absolute Gasteiger partial charge is 0.478 e. The van der Waals surface area contributed by atoms with Crippen LogP contribution in [0.3, 0.4) is 0 Å². The van der Waals surface area contributed by atoms with Crippen LogP contribution in [0.4, 0.5) is 0 Å². The van der Waals surface area contributed by atoms with Crippen molar-refractivity contribution in [1.29, 1.82) is 0 Å². The van der Waals surface area contributed by atoms with E-state index in [9.17, 15) is 9.90 Å². The maximum Gasteiger partial charge on any atom is 0.337 e. The van der Waals surface area contributed by atoms with E-state index in [2.05, 4.69) is 10.3 Å². The summed E-state index contributed by atoms with van der Waals surface area (Å²) >= 11 is 0. The van der Waals surface area contributed by atoms with E-state index >= 15 is 0 Å². The van der Waals surface area contributed by atoms with E-state index in [-0.39, 0.29) is 17.7 Å². The molecular formula is C13H15N3O3. The summed E-state index contributed by atoms with van der Waals surface area (Å²) in [7, 11) is 0. The molecule has 6 nitrogen and oxygen atoms in total. The molecule has 6 heteroatoms. The van der Waals surface area contributed by atoms with E-state index in [1.54, 1.807) is 22.9 Å². The normalized spacial score (nSPS) is 20.8. The van der Waals surface area contributed by atoms with E-state index in [4.69, 9.17) is 4.74 Å². The van der Waals surface area contributed by atoms with Crippen LogP contribution >= 0.6 is 0 Å². The summed E-state index contributed by atoms with van der Waals surface area (Å²) in [6.45, 7) is 2.75.